The van der Waals surface area contributed by atoms with E-state index in [-0.39, 0.29) is 23.4 Å². The van der Waals surface area contributed by atoms with Gasteiger partial charge in [0.25, 0.3) is 0 Å². The molecule has 1 aromatic heterocycles. The third-order valence-electron chi connectivity index (χ3n) is 4.61. The summed E-state index contributed by atoms with van der Waals surface area (Å²) in [5.74, 6) is -0.703. The number of benzene rings is 2. The Kier molecular flexibility index (Phi) is 6.66. The molecule has 3 aromatic rings. The summed E-state index contributed by atoms with van der Waals surface area (Å²) >= 11 is 0. The van der Waals surface area contributed by atoms with Crippen LogP contribution in [0.3, 0.4) is 0 Å². The maximum atomic E-state index is 12.5. The molecular weight excluding hydrogens is 392 g/mol. The smallest absolute Gasteiger partial charge is 0.335 e. The van der Waals surface area contributed by atoms with Crippen LogP contribution in [0.5, 0.6) is 0 Å². The maximum Gasteiger partial charge on any atom is 0.335 e. The molecule has 0 saturated heterocycles. The molecule has 2 aromatic carbocycles. The first-order valence-corrected chi connectivity index (χ1v) is 11.1. The van der Waals surface area contributed by atoms with Gasteiger partial charge in [-0.2, -0.15) is 0 Å². The summed E-state index contributed by atoms with van der Waals surface area (Å²) in [5.41, 5.74) is 2.14. The van der Waals surface area contributed by atoms with Crippen molar-refractivity contribution in [1.82, 2.24) is 9.71 Å². The molecule has 0 aliphatic rings. The lowest BCUT2D eigenvalue weighted by Crippen LogP contribution is -2.26. The van der Waals surface area contributed by atoms with Crippen molar-refractivity contribution in [2.75, 3.05) is 6.54 Å². The number of aromatic carboxylic acids is 1. The highest BCUT2D eigenvalue weighted by Crippen LogP contribution is 2.18. The maximum absolute atomic E-state index is 12.5. The van der Waals surface area contributed by atoms with E-state index in [1.54, 1.807) is 18.2 Å². The van der Waals surface area contributed by atoms with Crippen LogP contribution in [0.1, 0.15) is 48.0 Å². The Morgan fingerprint density at radius 2 is 1.86 bits per heavy atom. The van der Waals surface area contributed by atoms with Gasteiger partial charge in [-0.3, -0.25) is 0 Å². The number of hydrogen-bond donors (Lipinski definition) is 2. The number of carbonyl (C=O) groups is 1. The van der Waals surface area contributed by atoms with Gasteiger partial charge in [-0.1, -0.05) is 31.9 Å². The number of nitrogens with zero attached hydrogens (tertiary/aromatic N) is 1. The highest BCUT2D eigenvalue weighted by atomic mass is 32.2. The topological polar surface area (TPSA) is 110 Å². The van der Waals surface area contributed by atoms with Crippen LogP contribution in [-0.4, -0.2) is 31.0 Å². The largest absolute Gasteiger partial charge is 0.478 e. The van der Waals surface area contributed by atoms with E-state index in [4.69, 9.17) is 9.52 Å². The second kappa shape index (κ2) is 9.19. The van der Waals surface area contributed by atoms with Gasteiger partial charge in [0, 0.05) is 13.0 Å². The fraction of sp³-hybridized carbons (Fsp3) is 0.333. The average molecular weight is 416 g/mol. The summed E-state index contributed by atoms with van der Waals surface area (Å²) in [7, 11) is -3.62. The molecule has 0 bridgehead atoms. The van der Waals surface area contributed by atoms with Crippen molar-refractivity contribution in [3.05, 3.63) is 59.5 Å². The van der Waals surface area contributed by atoms with E-state index in [1.807, 2.05) is 12.1 Å². The van der Waals surface area contributed by atoms with E-state index in [0.29, 0.717) is 17.0 Å². The van der Waals surface area contributed by atoms with Crippen molar-refractivity contribution < 1.29 is 22.7 Å². The van der Waals surface area contributed by atoms with Gasteiger partial charge in [0.15, 0.2) is 11.5 Å². The van der Waals surface area contributed by atoms with Gasteiger partial charge in [0.1, 0.15) is 5.52 Å². The number of aryl methyl sites for hydroxylation is 1. The van der Waals surface area contributed by atoms with E-state index < -0.39 is 16.0 Å². The molecule has 0 fully saturated rings. The second-order valence-corrected chi connectivity index (χ2v) is 8.61. The molecule has 0 radical (unpaired) electrons. The van der Waals surface area contributed by atoms with Crippen LogP contribution in [0.4, 0.5) is 0 Å². The van der Waals surface area contributed by atoms with E-state index in [1.165, 1.54) is 12.1 Å². The lowest BCUT2D eigenvalue weighted by molar-refractivity contribution is 0.0697. The number of oxazole rings is 1. The zero-order valence-electron chi connectivity index (χ0n) is 16.2. The number of carboxylic acid groups (broad SMARTS) is 1. The molecular formula is C21H24N2O5S. The third-order valence-corrected chi connectivity index (χ3v) is 6.09. The van der Waals surface area contributed by atoms with Gasteiger partial charge < -0.3 is 9.52 Å². The van der Waals surface area contributed by atoms with Crippen LogP contribution in [0.15, 0.2) is 51.8 Å². The minimum absolute atomic E-state index is 0.110. The van der Waals surface area contributed by atoms with Gasteiger partial charge in [0.2, 0.25) is 10.0 Å². The lowest BCUT2D eigenvalue weighted by Gasteiger charge is -2.07. The monoisotopic (exact) mass is 416 g/mol. The molecule has 29 heavy (non-hydrogen) atoms. The van der Waals surface area contributed by atoms with Crippen molar-refractivity contribution in [3.63, 3.8) is 0 Å². The first-order chi connectivity index (χ1) is 13.9. The number of sulfonamides is 1. The summed E-state index contributed by atoms with van der Waals surface area (Å²) in [6.07, 6.45) is 4.61. The number of hydrogen-bond acceptors (Lipinski definition) is 5. The van der Waals surface area contributed by atoms with E-state index in [0.717, 1.165) is 31.2 Å². The molecule has 7 nitrogen and oxygen atoms in total. The molecule has 154 valence electrons. The van der Waals surface area contributed by atoms with Crippen LogP contribution in [-0.2, 0) is 22.9 Å². The van der Waals surface area contributed by atoms with Crippen molar-refractivity contribution in [2.24, 2.45) is 0 Å². The molecule has 0 spiro atoms. The van der Waals surface area contributed by atoms with E-state index >= 15 is 0 Å². The van der Waals surface area contributed by atoms with Crippen LogP contribution in [0.2, 0.25) is 0 Å². The standard InChI is InChI=1S/C21H24N2O5S/c1-2-3-4-5-15-6-9-17(10-7-15)29(26,27)22-13-12-20-23-18-11-8-16(21(24)25)14-19(18)28-20/h6-11,14,22H,2-5,12-13H2,1H3,(H,24,25). The molecule has 8 heteroatoms. The Bertz CT molecular complexity index is 1090. The van der Waals surface area contributed by atoms with Crippen molar-refractivity contribution in [1.29, 1.82) is 0 Å². The molecule has 0 aliphatic carbocycles. The Labute approximate surface area is 169 Å². The summed E-state index contributed by atoms with van der Waals surface area (Å²) in [5, 5.41) is 9.02. The van der Waals surface area contributed by atoms with Crippen LogP contribution >= 0.6 is 0 Å². The zero-order valence-corrected chi connectivity index (χ0v) is 17.0. The Balaban J connectivity index is 1.59. The fourth-order valence-electron chi connectivity index (χ4n) is 3.00. The molecule has 0 saturated carbocycles. The minimum Gasteiger partial charge on any atom is -0.478 e. The van der Waals surface area contributed by atoms with Crippen LogP contribution in [0.25, 0.3) is 11.1 Å². The SMILES string of the molecule is CCCCCc1ccc(S(=O)(=O)NCCc2nc3ccc(C(=O)O)cc3o2)cc1. The number of unbranched alkanes of at least 4 members (excludes halogenated alkanes) is 2. The molecule has 0 atom stereocenters. The summed E-state index contributed by atoms with van der Waals surface area (Å²) in [6.45, 7) is 2.27. The summed E-state index contributed by atoms with van der Waals surface area (Å²) in [4.78, 5) is 15.5. The van der Waals surface area contributed by atoms with Crippen LogP contribution in [0, 0.1) is 0 Å². The quantitative estimate of drug-likeness (QED) is 0.487. The molecule has 1 heterocycles. The predicted molar refractivity (Wildman–Crippen MR) is 110 cm³/mol. The third kappa shape index (κ3) is 5.42. The van der Waals surface area contributed by atoms with Gasteiger partial charge in [-0.05, 0) is 48.7 Å². The molecule has 0 unspecified atom stereocenters. The lowest BCUT2D eigenvalue weighted by atomic mass is 10.1. The molecule has 0 aliphatic heterocycles. The molecule has 3 rings (SSSR count). The van der Waals surface area contributed by atoms with Gasteiger partial charge in [0.05, 0.1) is 10.5 Å². The first-order valence-electron chi connectivity index (χ1n) is 9.60. The number of rotatable bonds is 10. The Morgan fingerprint density at radius 1 is 1.10 bits per heavy atom. The Hall–Kier alpha value is -2.71. The molecule has 0 amide bonds. The number of fused-ring (bicyclic) bond motifs is 1. The second-order valence-electron chi connectivity index (χ2n) is 6.84. The van der Waals surface area contributed by atoms with Gasteiger partial charge in [-0.15, -0.1) is 0 Å². The van der Waals surface area contributed by atoms with E-state index in [2.05, 4.69) is 16.6 Å². The number of carboxylic acids is 1. The van der Waals surface area contributed by atoms with Gasteiger partial charge in [-0.25, -0.2) is 22.9 Å². The number of aromatic nitrogens is 1. The molecule has 2 N–H and O–H groups in total. The average Bonchev–Trinajstić information content (AvgIpc) is 3.10. The number of nitrogens with one attached hydrogen (secondary N) is 1. The highest BCUT2D eigenvalue weighted by molar-refractivity contribution is 7.89. The van der Waals surface area contributed by atoms with Crippen molar-refractivity contribution in [3.8, 4) is 0 Å². The predicted octanol–water partition coefficient (Wildman–Crippen LogP) is 3.78. The zero-order chi connectivity index (χ0) is 20.9. The minimum atomic E-state index is -3.62. The van der Waals surface area contributed by atoms with E-state index in [9.17, 15) is 13.2 Å². The van der Waals surface area contributed by atoms with Crippen LogP contribution < -0.4 is 4.72 Å². The summed E-state index contributed by atoms with van der Waals surface area (Å²) < 4.78 is 33.0. The van der Waals surface area contributed by atoms with Crippen molar-refractivity contribution in [2.45, 2.75) is 43.9 Å². The normalized spacial score (nSPS) is 11.8. The Morgan fingerprint density at radius 3 is 2.55 bits per heavy atom. The summed E-state index contributed by atoms with van der Waals surface area (Å²) in [6, 6.07) is 11.4. The highest BCUT2D eigenvalue weighted by Gasteiger charge is 2.15. The van der Waals surface area contributed by atoms with Gasteiger partial charge >= 0.3 is 5.97 Å². The first kappa shape index (κ1) is 21.0. The fourth-order valence-corrected chi connectivity index (χ4v) is 4.03. The van der Waals surface area contributed by atoms with Crippen molar-refractivity contribution >= 4 is 27.1 Å².